The number of phenolic OH excluding ortho intramolecular Hbond substituents is 5. The first kappa shape index (κ1) is 13.5. The van der Waals surface area contributed by atoms with Crippen molar-refractivity contribution in [3.63, 3.8) is 0 Å². The third-order valence-corrected chi connectivity index (χ3v) is 2.90. The Morgan fingerprint density at radius 2 is 1.30 bits per heavy atom. The average Bonchev–Trinajstić information content (AvgIpc) is 2.38. The topological polar surface area (TPSA) is 118 Å². The molecule has 2 rings (SSSR count). The predicted octanol–water partition coefficient (Wildman–Crippen LogP) is 1.75. The maximum Gasteiger partial charge on any atom is 0.200 e. The van der Waals surface area contributed by atoms with E-state index in [9.17, 15) is 30.3 Å². The molecule has 0 aliphatic rings. The molecule has 20 heavy (non-hydrogen) atoms. The van der Waals surface area contributed by atoms with Crippen LogP contribution in [-0.4, -0.2) is 31.3 Å². The van der Waals surface area contributed by atoms with Crippen LogP contribution in [0, 0.1) is 6.92 Å². The molecule has 2 aromatic rings. The highest BCUT2D eigenvalue weighted by atomic mass is 16.3. The lowest BCUT2D eigenvalue weighted by atomic mass is 9.98. The van der Waals surface area contributed by atoms with Crippen LogP contribution >= 0.6 is 0 Å². The van der Waals surface area contributed by atoms with Gasteiger partial charge >= 0.3 is 0 Å². The SMILES string of the molecule is Cc1cc(O)c(O)cc1C(=O)c1cc(O)c(O)c(O)c1. The molecular weight excluding hydrogens is 264 g/mol. The van der Waals surface area contributed by atoms with E-state index in [2.05, 4.69) is 0 Å². The van der Waals surface area contributed by atoms with Crippen LogP contribution in [0.25, 0.3) is 0 Å². The van der Waals surface area contributed by atoms with Gasteiger partial charge in [-0.2, -0.15) is 0 Å². The van der Waals surface area contributed by atoms with Crippen molar-refractivity contribution in [3.05, 3.63) is 41.0 Å². The Morgan fingerprint density at radius 1 is 0.800 bits per heavy atom. The van der Waals surface area contributed by atoms with Gasteiger partial charge < -0.3 is 25.5 Å². The Morgan fingerprint density at radius 3 is 1.85 bits per heavy atom. The molecular formula is C14H12O6. The van der Waals surface area contributed by atoms with Crippen LogP contribution in [0.5, 0.6) is 28.7 Å². The summed E-state index contributed by atoms with van der Waals surface area (Å²) in [5, 5.41) is 46.8. The number of hydrogen-bond acceptors (Lipinski definition) is 6. The van der Waals surface area contributed by atoms with E-state index >= 15 is 0 Å². The van der Waals surface area contributed by atoms with Gasteiger partial charge in [-0.15, -0.1) is 0 Å². The molecule has 0 bridgehead atoms. The highest BCUT2D eigenvalue weighted by Gasteiger charge is 2.18. The molecule has 0 saturated heterocycles. The first-order chi connectivity index (χ1) is 9.31. The molecule has 0 saturated carbocycles. The molecule has 6 heteroatoms. The van der Waals surface area contributed by atoms with Crippen LogP contribution in [0.4, 0.5) is 0 Å². The normalized spacial score (nSPS) is 10.4. The number of ketones is 1. The van der Waals surface area contributed by atoms with Gasteiger partial charge in [0.15, 0.2) is 34.5 Å². The molecule has 5 N–H and O–H groups in total. The van der Waals surface area contributed by atoms with Gasteiger partial charge in [0, 0.05) is 11.1 Å². The summed E-state index contributed by atoms with van der Waals surface area (Å²) in [5.41, 5.74) is 0.452. The van der Waals surface area contributed by atoms with E-state index < -0.39 is 28.8 Å². The molecule has 0 fully saturated rings. The van der Waals surface area contributed by atoms with E-state index in [1.807, 2.05) is 0 Å². The van der Waals surface area contributed by atoms with Crippen LogP contribution in [0.3, 0.4) is 0 Å². The summed E-state index contributed by atoms with van der Waals surface area (Å²) < 4.78 is 0. The number of carbonyl (C=O) groups is 1. The minimum absolute atomic E-state index is 0.0639. The Balaban J connectivity index is 2.55. The Hall–Kier alpha value is -2.89. The van der Waals surface area contributed by atoms with E-state index in [0.29, 0.717) is 5.56 Å². The van der Waals surface area contributed by atoms with Gasteiger partial charge in [0.1, 0.15) is 0 Å². The number of carbonyl (C=O) groups excluding carboxylic acids is 1. The monoisotopic (exact) mass is 276 g/mol. The van der Waals surface area contributed by atoms with Crippen LogP contribution < -0.4 is 0 Å². The fraction of sp³-hybridized carbons (Fsp3) is 0.0714. The van der Waals surface area contributed by atoms with Crippen LogP contribution in [0.15, 0.2) is 24.3 Å². The molecule has 0 aromatic heterocycles. The van der Waals surface area contributed by atoms with Crippen molar-refractivity contribution in [1.29, 1.82) is 0 Å². The second-order valence-corrected chi connectivity index (χ2v) is 4.35. The second-order valence-electron chi connectivity index (χ2n) is 4.35. The zero-order valence-electron chi connectivity index (χ0n) is 10.5. The Bertz CT molecular complexity index is 682. The van der Waals surface area contributed by atoms with Crippen LogP contribution in [0.1, 0.15) is 21.5 Å². The molecule has 2 aromatic carbocycles. The summed E-state index contributed by atoms with van der Waals surface area (Å²) in [6, 6.07) is 4.32. The number of benzene rings is 2. The minimum Gasteiger partial charge on any atom is -0.504 e. The minimum atomic E-state index is -0.716. The zero-order valence-corrected chi connectivity index (χ0v) is 10.5. The quantitative estimate of drug-likeness (QED) is 0.421. The third-order valence-electron chi connectivity index (χ3n) is 2.90. The lowest BCUT2D eigenvalue weighted by Gasteiger charge is -2.09. The van der Waals surface area contributed by atoms with Crippen molar-refractivity contribution >= 4 is 5.78 Å². The second kappa shape index (κ2) is 4.65. The summed E-state index contributed by atoms with van der Waals surface area (Å²) in [7, 11) is 0. The zero-order chi connectivity index (χ0) is 15.0. The van der Waals surface area contributed by atoms with Gasteiger partial charge in [-0.05, 0) is 36.8 Å². The first-order valence-electron chi connectivity index (χ1n) is 5.63. The first-order valence-corrected chi connectivity index (χ1v) is 5.63. The molecule has 0 heterocycles. The lowest BCUT2D eigenvalue weighted by molar-refractivity contribution is 0.103. The van der Waals surface area contributed by atoms with Crippen molar-refractivity contribution < 1.29 is 30.3 Å². The fourth-order valence-corrected chi connectivity index (χ4v) is 1.82. The summed E-state index contributed by atoms with van der Waals surface area (Å²) >= 11 is 0. The predicted molar refractivity (Wildman–Crippen MR) is 69.4 cm³/mol. The Kier molecular flexibility index (Phi) is 3.15. The summed E-state index contributed by atoms with van der Waals surface area (Å²) in [6.07, 6.45) is 0. The maximum absolute atomic E-state index is 12.2. The number of rotatable bonds is 2. The highest BCUT2D eigenvalue weighted by Crippen LogP contribution is 2.37. The van der Waals surface area contributed by atoms with Crippen molar-refractivity contribution in [2.24, 2.45) is 0 Å². The summed E-state index contributed by atoms with van der Waals surface area (Å²) in [4.78, 5) is 12.2. The smallest absolute Gasteiger partial charge is 0.200 e. The highest BCUT2D eigenvalue weighted by molar-refractivity contribution is 6.10. The largest absolute Gasteiger partial charge is 0.504 e. The van der Waals surface area contributed by atoms with E-state index in [0.717, 1.165) is 18.2 Å². The van der Waals surface area contributed by atoms with E-state index in [4.69, 9.17) is 0 Å². The summed E-state index contributed by atoms with van der Waals surface area (Å²) in [6.45, 7) is 1.56. The molecule has 0 atom stereocenters. The van der Waals surface area contributed by atoms with E-state index in [-0.39, 0.29) is 16.9 Å². The molecule has 0 aliphatic heterocycles. The van der Waals surface area contributed by atoms with Gasteiger partial charge in [0.05, 0.1) is 0 Å². The van der Waals surface area contributed by atoms with Gasteiger partial charge in [0.2, 0.25) is 0 Å². The maximum atomic E-state index is 12.2. The standard InChI is InChI=1S/C14H12O6/c1-6-2-9(15)10(16)5-8(6)13(19)7-3-11(17)14(20)12(18)4-7/h2-5,15-18,20H,1H3. The van der Waals surface area contributed by atoms with Crippen molar-refractivity contribution in [2.75, 3.05) is 0 Å². The number of hydrogen-bond donors (Lipinski definition) is 5. The van der Waals surface area contributed by atoms with Gasteiger partial charge in [0.25, 0.3) is 0 Å². The number of aryl methyl sites for hydroxylation is 1. The van der Waals surface area contributed by atoms with Crippen LogP contribution in [0.2, 0.25) is 0 Å². The van der Waals surface area contributed by atoms with Crippen molar-refractivity contribution in [1.82, 2.24) is 0 Å². The van der Waals surface area contributed by atoms with Gasteiger partial charge in [-0.1, -0.05) is 0 Å². The van der Waals surface area contributed by atoms with Crippen molar-refractivity contribution in [3.8, 4) is 28.7 Å². The van der Waals surface area contributed by atoms with Gasteiger partial charge in [-0.25, -0.2) is 0 Å². The van der Waals surface area contributed by atoms with Crippen LogP contribution in [-0.2, 0) is 0 Å². The third kappa shape index (κ3) is 2.18. The molecule has 0 unspecified atom stereocenters. The molecule has 0 aliphatic carbocycles. The van der Waals surface area contributed by atoms with E-state index in [1.54, 1.807) is 6.92 Å². The molecule has 0 amide bonds. The summed E-state index contributed by atoms with van der Waals surface area (Å²) in [5.74, 6) is -3.36. The molecule has 104 valence electrons. The fourth-order valence-electron chi connectivity index (χ4n) is 1.82. The Labute approximate surface area is 113 Å². The molecule has 6 nitrogen and oxygen atoms in total. The van der Waals surface area contributed by atoms with Crippen molar-refractivity contribution in [2.45, 2.75) is 6.92 Å². The number of phenols is 5. The molecule has 0 radical (unpaired) electrons. The number of aromatic hydroxyl groups is 5. The molecule has 0 spiro atoms. The van der Waals surface area contributed by atoms with Gasteiger partial charge in [-0.3, -0.25) is 4.79 Å². The average molecular weight is 276 g/mol. The van der Waals surface area contributed by atoms with E-state index in [1.165, 1.54) is 6.07 Å². The lowest BCUT2D eigenvalue weighted by Crippen LogP contribution is -2.03.